The summed E-state index contributed by atoms with van der Waals surface area (Å²) >= 11 is 0. The summed E-state index contributed by atoms with van der Waals surface area (Å²) in [5.74, 6) is -1.70. The minimum atomic E-state index is -0.830. The number of nitrogens with zero attached hydrogens (tertiary/aromatic N) is 2. The van der Waals surface area contributed by atoms with Crippen LogP contribution in [0.15, 0.2) is 78.6 Å². The van der Waals surface area contributed by atoms with Gasteiger partial charge in [0.25, 0.3) is 11.7 Å². The number of ketones is 1. The van der Waals surface area contributed by atoms with Crippen molar-refractivity contribution in [1.82, 2.24) is 9.88 Å². The van der Waals surface area contributed by atoms with Crippen LogP contribution >= 0.6 is 0 Å². The van der Waals surface area contributed by atoms with E-state index in [0.29, 0.717) is 11.3 Å². The molecule has 0 aliphatic carbocycles. The lowest BCUT2D eigenvalue weighted by atomic mass is 9.95. The maximum absolute atomic E-state index is 13.4. The van der Waals surface area contributed by atoms with Gasteiger partial charge in [0.15, 0.2) is 0 Å². The standard InChI is InChI=1S/C26H23FN2O4/c1-16(2)33-21-11-7-18(8-12-21)23-22(24(30)19-5-9-20(27)10-6-19)25(31)26(32)29(23)15-17-4-3-13-28-14-17/h3-14,16,23,30H,15H2,1-2H3/b24-22+/t23-/m0/s1. The van der Waals surface area contributed by atoms with Gasteiger partial charge in [-0.3, -0.25) is 14.6 Å². The van der Waals surface area contributed by atoms with Crippen LogP contribution in [0.25, 0.3) is 5.76 Å². The number of carbonyl (C=O) groups is 2. The van der Waals surface area contributed by atoms with E-state index in [4.69, 9.17) is 4.74 Å². The molecule has 6 nitrogen and oxygen atoms in total. The molecule has 4 rings (SSSR count). The summed E-state index contributed by atoms with van der Waals surface area (Å²) in [5, 5.41) is 11.0. The molecular weight excluding hydrogens is 423 g/mol. The van der Waals surface area contributed by atoms with Gasteiger partial charge in [-0.25, -0.2) is 4.39 Å². The Morgan fingerprint density at radius 1 is 1.09 bits per heavy atom. The smallest absolute Gasteiger partial charge is 0.295 e. The molecule has 0 bridgehead atoms. The molecule has 168 valence electrons. The predicted octanol–water partition coefficient (Wildman–Crippen LogP) is 4.63. The molecular formula is C26H23FN2O4. The van der Waals surface area contributed by atoms with Gasteiger partial charge in [0.1, 0.15) is 17.3 Å². The van der Waals surface area contributed by atoms with Crippen LogP contribution in [0, 0.1) is 5.82 Å². The summed E-state index contributed by atoms with van der Waals surface area (Å²) in [6, 6.07) is 14.9. The summed E-state index contributed by atoms with van der Waals surface area (Å²) in [4.78, 5) is 31.6. The van der Waals surface area contributed by atoms with Gasteiger partial charge in [-0.05, 0) is 67.4 Å². The van der Waals surface area contributed by atoms with Crippen LogP contribution in [0.5, 0.6) is 5.75 Å². The average Bonchev–Trinajstić information content (AvgIpc) is 3.05. The van der Waals surface area contributed by atoms with Crippen molar-refractivity contribution < 1.29 is 23.8 Å². The maximum atomic E-state index is 13.4. The Hall–Kier alpha value is -4.00. The van der Waals surface area contributed by atoms with Gasteiger partial charge in [0, 0.05) is 24.5 Å². The summed E-state index contributed by atoms with van der Waals surface area (Å²) < 4.78 is 19.1. The van der Waals surface area contributed by atoms with Crippen molar-refractivity contribution in [3.05, 3.63) is 101 Å². The van der Waals surface area contributed by atoms with Gasteiger partial charge < -0.3 is 14.7 Å². The first-order valence-electron chi connectivity index (χ1n) is 10.5. The van der Waals surface area contributed by atoms with Gasteiger partial charge >= 0.3 is 0 Å². The van der Waals surface area contributed by atoms with Crippen LogP contribution in [-0.4, -0.2) is 32.8 Å². The van der Waals surface area contributed by atoms with E-state index in [9.17, 15) is 19.1 Å². The Kier molecular flexibility index (Phi) is 6.22. The summed E-state index contributed by atoms with van der Waals surface area (Å²) in [7, 11) is 0. The van der Waals surface area contributed by atoms with Crippen LogP contribution < -0.4 is 4.74 Å². The first kappa shape index (κ1) is 22.2. The van der Waals surface area contributed by atoms with Crippen molar-refractivity contribution in [2.75, 3.05) is 0 Å². The Morgan fingerprint density at radius 3 is 2.39 bits per heavy atom. The molecule has 2 aromatic carbocycles. The highest BCUT2D eigenvalue weighted by Gasteiger charge is 2.46. The minimum Gasteiger partial charge on any atom is -0.507 e. The van der Waals surface area contributed by atoms with E-state index >= 15 is 0 Å². The topological polar surface area (TPSA) is 79.7 Å². The number of Topliss-reactive ketones (excluding diaryl/α,β-unsaturated/α-hetero) is 1. The lowest BCUT2D eigenvalue weighted by Crippen LogP contribution is -2.29. The molecule has 1 saturated heterocycles. The average molecular weight is 446 g/mol. The third-order valence-electron chi connectivity index (χ3n) is 5.30. The van der Waals surface area contributed by atoms with E-state index in [1.807, 2.05) is 19.9 Å². The number of amides is 1. The fourth-order valence-corrected chi connectivity index (χ4v) is 3.84. The monoisotopic (exact) mass is 446 g/mol. The summed E-state index contributed by atoms with van der Waals surface area (Å²) in [5.41, 5.74) is 1.58. The maximum Gasteiger partial charge on any atom is 0.295 e. The zero-order valence-electron chi connectivity index (χ0n) is 18.2. The summed E-state index contributed by atoms with van der Waals surface area (Å²) in [6.45, 7) is 3.96. The van der Waals surface area contributed by atoms with Gasteiger partial charge in [-0.2, -0.15) is 0 Å². The number of halogens is 1. The zero-order valence-corrected chi connectivity index (χ0v) is 18.2. The number of carbonyl (C=O) groups excluding carboxylic acids is 2. The molecule has 2 heterocycles. The Morgan fingerprint density at radius 2 is 1.79 bits per heavy atom. The Bertz CT molecular complexity index is 1190. The number of aliphatic hydroxyl groups is 1. The number of benzene rings is 2. The van der Waals surface area contributed by atoms with Crippen molar-refractivity contribution >= 4 is 17.4 Å². The van der Waals surface area contributed by atoms with Gasteiger partial charge in [0.2, 0.25) is 0 Å². The quantitative estimate of drug-likeness (QED) is 0.339. The molecule has 0 spiro atoms. The largest absolute Gasteiger partial charge is 0.507 e. The predicted molar refractivity (Wildman–Crippen MR) is 121 cm³/mol. The van der Waals surface area contributed by atoms with Crippen molar-refractivity contribution in [1.29, 1.82) is 0 Å². The fourth-order valence-electron chi connectivity index (χ4n) is 3.84. The molecule has 1 amide bonds. The van der Waals surface area contributed by atoms with Gasteiger partial charge in [-0.1, -0.05) is 18.2 Å². The lowest BCUT2D eigenvalue weighted by Gasteiger charge is -2.25. The number of hydrogen-bond acceptors (Lipinski definition) is 5. The normalized spacial score (nSPS) is 17.6. The fraction of sp³-hybridized carbons (Fsp3) is 0.192. The van der Waals surface area contributed by atoms with Crippen LogP contribution in [0.2, 0.25) is 0 Å². The zero-order chi connectivity index (χ0) is 23.5. The van der Waals surface area contributed by atoms with E-state index in [-0.39, 0.29) is 29.5 Å². The SMILES string of the molecule is CC(C)Oc1ccc([C@H]2/C(=C(\O)c3ccc(F)cc3)C(=O)C(=O)N2Cc2cccnc2)cc1. The number of aliphatic hydroxyl groups excluding tert-OH is 1. The Balaban J connectivity index is 1.81. The van der Waals surface area contributed by atoms with E-state index in [0.717, 1.165) is 5.56 Å². The van der Waals surface area contributed by atoms with E-state index in [1.54, 1.807) is 42.7 Å². The number of hydrogen-bond donors (Lipinski definition) is 1. The molecule has 1 aliphatic rings. The number of ether oxygens (including phenoxy) is 1. The molecule has 7 heteroatoms. The van der Waals surface area contributed by atoms with Crippen LogP contribution in [0.1, 0.15) is 36.6 Å². The first-order chi connectivity index (χ1) is 15.8. The molecule has 0 saturated carbocycles. The first-order valence-corrected chi connectivity index (χ1v) is 10.5. The van der Waals surface area contributed by atoms with Crippen LogP contribution in [0.3, 0.4) is 0 Å². The molecule has 1 N–H and O–H groups in total. The highest BCUT2D eigenvalue weighted by molar-refractivity contribution is 6.46. The van der Waals surface area contributed by atoms with Crippen molar-refractivity contribution in [2.24, 2.45) is 0 Å². The Labute approximate surface area is 191 Å². The minimum absolute atomic E-state index is 0.00876. The molecule has 0 radical (unpaired) electrons. The lowest BCUT2D eigenvalue weighted by molar-refractivity contribution is -0.140. The third-order valence-corrected chi connectivity index (χ3v) is 5.30. The highest BCUT2D eigenvalue weighted by atomic mass is 19.1. The molecule has 1 atom stereocenters. The number of likely N-dealkylation sites (tertiary alicyclic amines) is 1. The number of rotatable bonds is 6. The number of aromatic nitrogens is 1. The molecule has 33 heavy (non-hydrogen) atoms. The van der Waals surface area contributed by atoms with E-state index in [1.165, 1.54) is 29.2 Å². The van der Waals surface area contributed by atoms with Crippen LogP contribution in [0.4, 0.5) is 4.39 Å². The third kappa shape index (κ3) is 4.62. The van der Waals surface area contributed by atoms with Crippen LogP contribution in [-0.2, 0) is 16.1 Å². The second-order valence-corrected chi connectivity index (χ2v) is 8.03. The molecule has 1 fully saturated rings. The van der Waals surface area contributed by atoms with Crippen molar-refractivity contribution in [3.8, 4) is 5.75 Å². The highest BCUT2D eigenvalue weighted by Crippen LogP contribution is 2.40. The van der Waals surface area contributed by atoms with E-state index in [2.05, 4.69) is 4.98 Å². The molecule has 3 aromatic rings. The van der Waals surface area contributed by atoms with Crippen molar-refractivity contribution in [2.45, 2.75) is 32.5 Å². The molecule has 1 aromatic heterocycles. The van der Waals surface area contributed by atoms with Gasteiger partial charge in [0.05, 0.1) is 17.7 Å². The van der Waals surface area contributed by atoms with Gasteiger partial charge in [-0.15, -0.1) is 0 Å². The second-order valence-electron chi connectivity index (χ2n) is 8.03. The van der Waals surface area contributed by atoms with Crippen molar-refractivity contribution in [3.63, 3.8) is 0 Å². The van der Waals surface area contributed by atoms with E-state index < -0.39 is 23.5 Å². The molecule has 1 aliphatic heterocycles. The molecule has 0 unspecified atom stereocenters. The second kappa shape index (κ2) is 9.24. The summed E-state index contributed by atoms with van der Waals surface area (Å²) in [6.07, 6.45) is 3.23. The number of pyridine rings is 1.